The van der Waals surface area contributed by atoms with E-state index in [1.54, 1.807) is 0 Å². The van der Waals surface area contributed by atoms with Gasteiger partial charge in [0.1, 0.15) is 12.0 Å². The lowest BCUT2D eigenvalue weighted by Crippen LogP contribution is -2.54. The molecular weight excluding hydrogens is 432 g/mol. The van der Waals surface area contributed by atoms with E-state index in [-0.39, 0.29) is 23.9 Å². The molecule has 6 heteroatoms. The Kier molecular flexibility index (Phi) is 7.10. The Balaban J connectivity index is 1.64. The fourth-order valence-corrected chi connectivity index (χ4v) is 4.85. The van der Waals surface area contributed by atoms with Gasteiger partial charge in [-0.15, -0.1) is 0 Å². The molecule has 2 heterocycles. The Morgan fingerprint density at radius 1 is 0.941 bits per heavy atom. The second-order valence-corrected chi connectivity index (χ2v) is 9.80. The Labute approximate surface area is 201 Å². The zero-order valence-corrected chi connectivity index (χ0v) is 20.5. The van der Waals surface area contributed by atoms with Crippen LogP contribution in [0.1, 0.15) is 64.2 Å². The lowest BCUT2D eigenvalue weighted by molar-refractivity contribution is -0.209. The number of hydrogen-bond acceptors (Lipinski definition) is 6. The van der Waals surface area contributed by atoms with Crippen LogP contribution in [-0.4, -0.2) is 36.0 Å². The molecule has 0 amide bonds. The van der Waals surface area contributed by atoms with E-state index < -0.39 is 36.0 Å². The van der Waals surface area contributed by atoms with Crippen molar-refractivity contribution in [1.29, 1.82) is 0 Å². The topological polar surface area (TPSA) is 71.1 Å². The highest BCUT2D eigenvalue weighted by molar-refractivity contribution is 5.91. The standard InChI is InChI=1S/C28H34O6/c1-6-17(2)21-24(32-26(21)29)27(30)31-23(20-15-11-8-12-16-20)25-22(33-28(4,5)34-25)18(3)19-13-9-7-10-14-19/h7-18,21-25H,6H2,1-5H3/t17-,18+,21+,22-,23+,24-,25+/m0/s1. The summed E-state index contributed by atoms with van der Waals surface area (Å²) in [6.07, 6.45) is -1.74. The monoisotopic (exact) mass is 466 g/mol. The third-order valence-electron chi connectivity index (χ3n) is 6.98. The highest BCUT2D eigenvalue weighted by Gasteiger charge is 2.54. The highest BCUT2D eigenvalue weighted by atomic mass is 16.8. The van der Waals surface area contributed by atoms with Crippen LogP contribution in [0.5, 0.6) is 0 Å². The largest absolute Gasteiger partial charge is 0.452 e. The molecule has 0 unspecified atom stereocenters. The minimum Gasteiger partial charge on any atom is -0.452 e. The van der Waals surface area contributed by atoms with Crippen molar-refractivity contribution in [2.75, 3.05) is 0 Å². The maximum absolute atomic E-state index is 13.3. The first-order valence-corrected chi connectivity index (χ1v) is 12.1. The van der Waals surface area contributed by atoms with E-state index in [0.717, 1.165) is 17.5 Å². The first-order chi connectivity index (χ1) is 16.2. The second-order valence-electron chi connectivity index (χ2n) is 9.80. The van der Waals surface area contributed by atoms with E-state index in [2.05, 4.69) is 19.1 Å². The molecule has 0 N–H and O–H groups in total. The molecule has 0 bridgehead atoms. The molecule has 0 saturated carbocycles. The maximum atomic E-state index is 13.3. The van der Waals surface area contributed by atoms with Gasteiger partial charge in [-0.2, -0.15) is 0 Å². The Hall–Kier alpha value is -2.70. The van der Waals surface area contributed by atoms with Crippen molar-refractivity contribution < 1.29 is 28.5 Å². The van der Waals surface area contributed by atoms with E-state index in [9.17, 15) is 9.59 Å². The number of esters is 2. The van der Waals surface area contributed by atoms with E-state index >= 15 is 0 Å². The van der Waals surface area contributed by atoms with Crippen molar-refractivity contribution in [3.8, 4) is 0 Å². The molecule has 7 atom stereocenters. The summed E-state index contributed by atoms with van der Waals surface area (Å²) in [5, 5.41) is 0. The molecule has 2 aromatic rings. The average Bonchev–Trinajstić information content (AvgIpc) is 3.16. The molecule has 182 valence electrons. The van der Waals surface area contributed by atoms with Crippen LogP contribution >= 0.6 is 0 Å². The average molecular weight is 467 g/mol. The Morgan fingerprint density at radius 3 is 2.06 bits per heavy atom. The van der Waals surface area contributed by atoms with Crippen LogP contribution in [-0.2, 0) is 28.5 Å². The molecule has 0 spiro atoms. The van der Waals surface area contributed by atoms with Crippen LogP contribution < -0.4 is 0 Å². The van der Waals surface area contributed by atoms with Gasteiger partial charge in [0.25, 0.3) is 0 Å². The maximum Gasteiger partial charge on any atom is 0.349 e. The van der Waals surface area contributed by atoms with Gasteiger partial charge in [0.05, 0.1) is 6.10 Å². The highest BCUT2D eigenvalue weighted by Crippen LogP contribution is 2.43. The summed E-state index contributed by atoms with van der Waals surface area (Å²) >= 11 is 0. The first kappa shape index (κ1) is 24.4. The number of carbonyl (C=O) groups is 2. The van der Waals surface area contributed by atoms with E-state index in [4.69, 9.17) is 18.9 Å². The van der Waals surface area contributed by atoms with Gasteiger partial charge in [0.15, 0.2) is 11.9 Å². The summed E-state index contributed by atoms with van der Waals surface area (Å²) in [7, 11) is 0. The van der Waals surface area contributed by atoms with Crippen molar-refractivity contribution in [3.63, 3.8) is 0 Å². The molecule has 2 saturated heterocycles. The lowest BCUT2D eigenvalue weighted by Gasteiger charge is -2.38. The van der Waals surface area contributed by atoms with Crippen molar-refractivity contribution in [1.82, 2.24) is 0 Å². The van der Waals surface area contributed by atoms with Crippen molar-refractivity contribution in [3.05, 3.63) is 71.8 Å². The molecule has 2 aromatic carbocycles. The number of benzene rings is 2. The van der Waals surface area contributed by atoms with Crippen LogP contribution in [0, 0.1) is 11.8 Å². The van der Waals surface area contributed by atoms with Gasteiger partial charge in [-0.1, -0.05) is 87.9 Å². The predicted molar refractivity (Wildman–Crippen MR) is 127 cm³/mol. The zero-order valence-electron chi connectivity index (χ0n) is 20.5. The predicted octanol–water partition coefficient (Wildman–Crippen LogP) is 5.18. The Bertz CT molecular complexity index is 988. The van der Waals surface area contributed by atoms with Gasteiger partial charge in [-0.05, 0) is 30.9 Å². The van der Waals surface area contributed by atoms with Gasteiger partial charge in [0, 0.05) is 5.92 Å². The molecule has 0 aliphatic carbocycles. The van der Waals surface area contributed by atoms with Gasteiger partial charge >= 0.3 is 11.9 Å². The number of rotatable bonds is 8. The molecule has 0 radical (unpaired) electrons. The minimum absolute atomic E-state index is 0.00715. The normalized spacial score (nSPS) is 28.3. The SMILES string of the molecule is CC[C@H](C)[C@H]1C(=O)O[C@@H]1C(=O)O[C@H](c1ccccc1)[C@@H]1OC(C)(C)O[C@H]1[C@H](C)c1ccccc1. The Morgan fingerprint density at radius 2 is 1.50 bits per heavy atom. The molecule has 2 fully saturated rings. The van der Waals surface area contributed by atoms with Crippen molar-refractivity contribution >= 4 is 11.9 Å². The summed E-state index contributed by atoms with van der Waals surface area (Å²) in [5.74, 6) is -2.19. The summed E-state index contributed by atoms with van der Waals surface area (Å²) in [5.41, 5.74) is 1.92. The molecule has 4 rings (SSSR count). The fourth-order valence-electron chi connectivity index (χ4n) is 4.85. The zero-order chi connectivity index (χ0) is 24.5. The summed E-state index contributed by atoms with van der Waals surface area (Å²) in [4.78, 5) is 25.3. The number of hydrogen-bond donors (Lipinski definition) is 0. The molecular formula is C28H34O6. The van der Waals surface area contributed by atoms with Crippen LogP contribution in [0.3, 0.4) is 0 Å². The third-order valence-corrected chi connectivity index (χ3v) is 6.98. The molecule has 34 heavy (non-hydrogen) atoms. The van der Waals surface area contributed by atoms with Gasteiger partial charge in [-0.25, -0.2) is 4.79 Å². The smallest absolute Gasteiger partial charge is 0.349 e. The second kappa shape index (κ2) is 9.88. The lowest BCUT2D eigenvalue weighted by atomic mass is 9.83. The molecule has 2 aliphatic heterocycles. The van der Waals surface area contributed by atoms with E-state index in [1.807, 2.05) is 76.2 Å². The van der Waals surface area contributed by atoms with Gasteiger partial charge < -0.3 is 18.9 Å². The van der Waals surface area contributed by atoms with Gasteiger partial charge in [-0.3, -0.25) is 4.79 Å². The molecule has 0 aromatic heterocycles. The third kappa shape index (κ3) is 4.89. The fraction of sp³-hybridized carbons (Fsp3) is 0.500. The summed E-state index contributed by atoms with van der Waals surface area (Å²) < 4.78 is 24.0. The number of carbonyl (C=O) groups excluding carboxylic acids is 2. The molecule has 6 nitrogen and oxygen atoms in total. The van der Waals surface area contributed by atoms with Crippen molar-refractivity contribution in [2.24, 2.45) is 11.8 Å². The first-order valence-electron chi connectivity index (χ1n) is 12.1. The van der Waals surface area contributed by atoms with Crippen molar-refractivity contribution in [2.45, 2.75) is 77.2 Å². The summed E-state index contributed by atoms with van der Waals surface area (Å²) in [6.45, 7) is 9.78. The molecule has 2 aliphatic rings. The summed E-state index contributed by atoms with van der Waals surface area (Å²) in [6, 6.07) is 19.6. The van der Waals surface area contributed by atoms with Gasteiger partial charge in [0.2, 0.25) is 6.10 Å². The van der Waals surface area contributed by atoms with Crippen LogP contribution in [0.15, 0.2) is 60.7 Å². The quantitative estimate of drug-likeness (QED) is 0.499. The number of ether oxygens (including phenoxy) is 4. The van der Waals surface area contributed by atoms with Crippen LogP contribution in [0.2, 0.25) is 0 Å². The van der Waals surface area contributed by atoms with E-state index in [1.165, 1.54) is 0 Å². The van der Waals surface area contributed by atoms with Crippen LogP contribution in [0.4, 0.5) is 0 Å². The van der Waals surface area contributed by atoms with Crippen LogP contribution in [0.25, 0.3) is 0 Å². The number of cyclic esters (lactones) is 1. The van der Waals surface area contributed by atoms with E-state index in [0.29, 0.717) is 0 Å². The minimum atomic E-state index is -0.894.